The lowest BCUT2D eigenvalue weighted by atomic mass is 10.2. The molecule has 0 saturated heterocycles. The summed E-state index contributed by atoms with van der Waals surface area (Å²) in [5.41, 5.74) is 1.79. The number of pyridine rings is 1. The third-order valence-electron chi connectivity index (χ3n) is 4.73. The number of para-hydroxylation sites is 1. The van der Waals surface area contributed by atoms with E-state index in [0.29, 0.717) is 48.0 Å². The van der Waals surface area contributed by atoms with Crippen LogP contribution in [0.4, 0.5) is 5.82 Å². The average Bonchev–Trinajstić information content (AvgIpc) is 3.16. The fourth-order valence-corrected chi connectivity index (χ4v) is 3.27. The molecule has 0 aliphatic carbocycles. The van der Waals surface area contributed by atoms with Crippen LogP contribution in [0, 0.1) is 0 Å². The molecule has 4 rings (SSSR count). The number of carbonyl (C=O) groups is 1. The number of fused-ring (bicyclic) bond motifs is 1. The van der Waals surface area contributed by atoms with E-state index in [2.05, 4.69) is 20.1 Å². The normalized spacial score (nSPS) is 10.9. The van der Waals surface area contributed by atoms with Crippen molar-refractivity contribution in [3.05, 3.63) is 64.7 Å². The third kappa shape index (κ3) is 4.02. The minimum atomic E-state index is -0.354. The molecule has 0 aliphatic heterocycles. The predicted octanol–water partition coefficient (Wildman–Crippen LogP) is 2.61. The molecule has 4 aromatic rings. The second-order valence-electron chi connectivity index (χ2n) is 7.02. The molecule has 0 saturated carbocycles. The van der Waals surface area contributed by atoms with Crippen molar-refractivity contribution in [1.29, 1.82) is 0 Å². The fourth-order valence-electron chi connectivity index (χ4n) is 3.27. The van der Waals surface area contributed by atoms with Crippen LogP contribution >= 0.6 is 0 Å². The number of rotatable bonds is 8. The SMILES string of the molecule is CCCOc1ccccc1-c1nc2c(N(C)C=O)nn(Cc3cccnc3)c2c(=O)[nH]1. The predicted molar refractivity (Wildman–Crippen MR) is 117 cm³/mol. The van der Waals surface area contributed by atoms with Crippen LogP contribution in [0.1, 0.15) is 18.9 Å². The first-order valence-electron chi connectivity index (χ1n) is 9.92. The summed E-state index contributed by atoms with van der Waals surface area (Å²) in [6, 6.07) is 11.1. The van der Waals surface area contributed by atoms with Gasteiger partial charge in [-0.2, -0.15) is 5.10 Å². The van der Waals surface area contributed by atoms with Gasteiger partial charge in [0, 0.05) is 19.4 Å². The van der Waals surface area contributed by atoms with Crippen LogP contribution in [0.15, 0.2) is 53.6 Å². The molecule has 0 atom stereocenters. The number of carbonyl (C=O) groups excluding carboxylic acids is 1. The molecule has 0 fully saturated rings. The smallest absolute Gasteiger partial charge is 0.277 e. The van der Waals surface area contributed by atoms with Gasteiger partial charge in [0.2, 0.25) is 6.41 Å². The van der Waals surface area contributed by atoms with Crippen LogP contribution in [0.3, 0.4) is 0 Å². The molecular formula is C22H22N6O3. The number of anilines is 1. The minimum Gasteiger partial charge on any atom is -0.493 e. The number of H-pyrrole nitrogens is 1. The van der Waals surface area contributed by atoms with Gasteiger partial charge in [-0.3, -0.25) is 24.2 Å². The van der Waals surface area contributed by atoms with Gasteiger partial charge in [-0.1, -0.05) is 25.1 Å². The van der Waals surface area contributed by atoms with Gasteiger partial charge in [0.15, 0.2) is 11.3 Å². The molecule has 31 heavy (non-hydrogen) atoms. The Labute approximate surface area is 178 Å². The standard InChI is InChI=1S/C22H22N6O3/c1-3-11-31-17-9-5-4-8-16(17)20-24-18-19(22(30)25-20)28(26-21(18)27(2)14-29)13-15-7-6-10-23-12-15/h4-10,12,14H,3,11,13H2,1-2H3,(H,24,25,30). The molecule has 0 unspecified atom stereocenters. The molecule has 158 valence electrons. The molecule has 0 bridgehead atoms. The van der Waals surface area contributed by atoms with Crippen LogP contribution < -0.4 is 15.2 Å². The summed E-state index contributed by atoms with van der Waals surface area (Å²) in [4.78, 5) is 37.5. The van der Waals surface area contributed by atoms with E-state index < -0.39 is 0 Å². The van der Waals surface area contributed by atoms with E-state index in [1.807, 2.05) is 43.3 Å². The number of amides is 1. The zero-order chi connectivity index (χ0) is 21.8. The number of nitrogens with one attached hydrogen (secondary N) is 1. The molecule has 3 aromatic heterocycles. The van der Waals surface area contributed by atoms with Crippen molar-refractivity contribution >= 4 is 23.3 Å². The van der Waals surface area contributed by atoms with E-state index in [-0.39, 0.29) is 11.1 Å². The number of aromatic amines is 1. The molecule has 9 nitrogen and oxygen atoms in total. The highest BCUT2D eigenvalue weighted by molar-refractivity contribution is 5.92. The van der Waals surface area contributed by atoms with Gasteiger partial charge in [0.05, 0.1) is 18.7 Å². The molecule has 1 amide bonds. The Balaban J connectivity index is 1.89. The van der Waals surface area contributed by atoms with E-state index in [1.54, 1.807) is 19.4 Å². The number of benzene rings is 1. The van der Waals surface area contributed by atoms with Crippen molar-refractivity contribution in [3.63, 3.8) is 0 Å². The monoisotopic (exact) mass is 418 g/mol. The summed E-state index contributed by atoms with van der Waals surface area (Å²) in [7, 11) is 1.57. The van der Waals surface area contributed by atoms with Crippen LogP contribution in [-0.2, 0) is 11.3 Å². The number of ether oxygens (including phenoxy) is 1. The topological polar surface area (TPSA) is 106 Å². The number of hydrogen-bond acceptors (Lipinski definition) is 6. The maximum absolute atomic E-state index is 13.1. The number of aromatic nitrogens is 5. The van der Waals surface area contributed by atoms with E-state index in [4.69, 9.17) is 4.74 Å². The summed E-state index contributed by atoms with van der Waals surface area (Å²) in [5.74, 6) is 1.28. The lowest BCUT2D eigenvalue weighted by Crippen LogP contribution is -2.15. The third-order valence-corrected chi connectivity index (χ3v) is 4.73. The first kappa shape index (κ1) is 20.3. The summed E-state index contributed by atoms with van der Waals surface area (Å²) < 4.78 is 7.36. The quantitative estimate of drug-likeness (QED) is 0.441. The molecular weight excluding hydrogens is 396 g/mol. The lowest BCUT2D eigenvalue weighted by molar-refractivity contribution is -0.107. The van der Waals surface area contributed by atoms with Gasteiger partial charge in [0.25, 0.3) is 5.56 Å². The fraction of sp³-hybridized carbons (Fsp3) is 0.227. The Hall–Kier alpha value is -4.01. The molecule has 3 heterocycles. The van der Waals surface area contributed by atoms with Crippen LogP contribution in [-0.4, -0.2) is 44.8 Å². The van der Waals surface area contributed by atoms with Crippen LogP contribution in [0.25, 0.3) is 22.4 Å². The van der Waals surface area contributed by atoms with Gasteiger partial charge in [-0.05, 0) is 30.2 Å². The average molecular weight is 418 g/mol. The van der Waals surface area contributed by atoms with E-state index in [0.717, 1.165) is 12.0 Å². The molecule has 1 N–H and O–H groups in total. The summed E-state index contributed by atoms with van der Waals surface area (Å²) in [6.45, 7) is 2.88. The number of hydrogen-bond donors (Lipinski definition) is 1. The van der Waals surface area contributed by atoms with Crippen molar-refractivity contribution in [3.8, 4) is 17.1 Å². The second-order valence-corrected chi connectivity index (χ2v) is 7.02. The Bertz CT molecular complexity index is 1270. The number of nitrogens with zero attached hydrogens (tertiary/aromatic N) is 5. The first-order chi connectivity index (χ1) is 15.1. The molecule has 0 aliphatic rings. The van der Waals surface area contributed by atoms with Crippen molar-refractivity contribution in [2.75, 3.05) is 18.6 Å². The first-order valence-corrected chi connectivity index (χ1v) is 9.92. The van der Waals surface area contributed by atoms with Gasteiger partial charge >= 0.3 is 0 Å². The van der Waals surface area contributed by atoms with Gasteiger partial charge in [-0.15, -0.1) is 0 Å². The van der Waals surface area contributed by atoms with E-state index >= 15 is 0 Å². The Morgan fingerprint density at radius 3 is 2.81 bits per heavy atom. The van der Waals surface area contributed by atoms with Gasteiger partial charge in [-0.25, -0.2) is 4.98 Å². The highest BCUT2D eigenvalue weighted by Crippen LogP contribution is 2.29. The largest absolute Gasteiger partial charge is 0.493 e. The van der Waals surface area contributed by atoms with Gasteiger partial charge in [0.1, 0.15) is 17.1 Å². The zero-order valence-electron chi connectivity index (χ0n) is 17.3. The Morgan fingerprint density at radius 1 is 1.23 bits per heavy atom. The van der Waals surface area contributed by atoms with E-state index in [9.17, 15) is 9.59 Å². The van der Waals surface area contributed by atoms with Gasteiger partial charge < -0.3 is 9.72 Å². The highest BCUT2D eigenvalue weighted by Gasteiger charge is 2.21. The van der Waals surface area contributed by atoms with Crippen molar-refractivity contribution < 1.29 is 9.53 Å². The highest BCUT2D eigenvalue weighted by atomic mass is 16.5. The maximum atomic E-state index is 13.1. The lowest BCUT2D eigenvalue weighted by Gasteiger charge is -2.11. The van der Waals surface area contributed by atoms with Crippen LogP contribution in [0.5, 0.6) is 5.75 Å². The maximum Gasteiger partial charge on any atom is 0.277 e. The van der Waals surface area contributed by atoms with Crippen LogP contribution in [0.2, 0.25) is 0 Å². The van der Waals surface area contributed by atoms with E-state index in [1.165, 1.54) is 9.58 Å². The Morgan fingerprint density at radius 2 is 2.06 bits per heavy atom. The molecule has 9 heteroatoms. The Kier molecular flexibility index (Phi) is 5.74. The summed E-state index contributed by atoms with van der Waals surface area (Å²) in [5, 5.41) is 4.49. The van der Waals surface area contributed by atoms with Crippen molar-refractivity contribution in [2.24, 2.45) is 0 Å². The minimum absolute atomic E-state index is 0.281. The molecule has 1 aromatic carbocycles. The summed E-state index contributed by atoms with van der Waals surface area (Å²) in [6.07, 6.45) is 4.87. The summed E-state index contributed by atoms with van der Waals surface area (Å²) >= 11 is 0. The second kappa shape index (κ2) is 8.78. The molecule has 0 radical (unpaired) electrons. The van der Waals surface area contributed by atoms with Crippen molar-refractivity contribution in [1.82, 2.24) is 24.7 Å². The molecule has 0 spiro atoms. The zero-order valence-corrected chi connectivity index (χ0v) is 17.3. The van der Waals surface area contributed by atoms with Crippen molar-refractivity contribution in [2.45, 2.75) is 19.9 Å².